The van der Waals surface area contributed by atoms with Gasteiger partial charge in [-0.25, -0.2) is 0 Å². The molecule has 1 unspecified atom stereocenters. The summed E-state index contributed by atoms with van der Waals surface area (Å²) in [5.41, 5.74) is 0. The quantitative estimate of drug-likeness (QED) is 0.0374. The molecule has 66 heavy (non-hydrogen) atoms. The molecule has 0 saturated heterocycles. The zero-order chi connectivity index (χ0) is 47.7. The summed E-state index contributed by atoms with van der Waals surface area (Å²) in [4.78, 5) is 24.5. The Balaban J connectivity index is 3.56. The molecule has 0 aliphatic carbocycles. The normalized spacial score (nSPS) is 13.0. The van der Waals surface area contributed by atoms with Gasteiger partial charge in [-0.1, -0.05) is 252 Å². The fourth-order valence-corrected chi connectivity index (χ4v) is 7.72. The van der Waals surface area contributed by atoms with E-state index >= 15 is 0 Å². The predicted molar refractivity (Wildman–Crippen MR) is 288 cm³/mol. The lowest BCUT2D eigenvalue weighted by Gasteiger charge is -2.15. The maximum absolute atomic E-state index is 12.3. The fourth-order valence-electron chi connectivity index (χ4n) is 7.72. The minimum Gasteiger partial charge on any atom is -0.462 e. The van der Waals surface area contributed by atoms with Crippen LogP contribution in [0.5, 0.6) is 0 Å². The molecule has 0 aliphatic rings. The molecule has 5 heteroatoms. The van der Waals surface area contributed by atoms with Gasteiger partial charge in [0.25, 0.3) is 0 Å². The van der Waals surface area contributed by atoms with E-state index < -0.39 is 6.10 Å². The van der Waals surface area contributed by atoms with E-state index in [1.54, 1.807) is 0 Å². The van der Waals surface area contributed by atoms with Gasteiger partial charge < -0.3 is 14.6 Å². The second-order valence-electron chi connectivity index (χ2n) is 18.3. The first-order valence-corrected chi connectivity index (χ1v) is 27.8. The van der Waals surface area contributed by atoms with Crippen LogP contribution in [0.3, 0.4) is 0 Å². The van der Waals surface area contributed by atoms with Crippen molar-refractivity contribution in [2.75, 3.05) is 13.2 Å². The molecular weight excluding hydrogens is 813 g/mol. The van der Waals surface area contributed by atoms with Crippen molar-refractivity contribution >= 4 is 11.9 Å². The van der Waals surface area contributed by atoms with Gasteiger partial charge in [0.1, 0.15) is 6.61 Å². The first-order valence-electron chi connectivity index (χ1n) is 27.8. The lowest BCUT2D eigenvalue weighted by molar-refractivity contribution is -0.161. The van der Waals surface area contributed by atoms with Crippen molar-refractivity contribution in [3.63, 3.8) is 0 Å². The van der Waals surface area contributed by atoms with Crippen molar-refractivity contribution < 1.29 is 24.2 Å². The van der Waals surface area contributed by atoms with Crippen LogP contribution in [0.4, 0.5) is 0 Å². The zero-order valence-corrected chi connectivity index (χ0v) is 43.2. The molecule has 1 N–H and O–H groups in total. The van der Waals surface area contributed by atoms with Gasteiger partial charge in [-0.15, -0.1) is 0 Å². The van der Waals surface area contributed by atoms with Crippen molar-refractivity contribution in [2.45, 2.75) is 264 Å². The van der Waals surface area contributed by atoms with Crippen LogP contribution < -0.4 is 0 Å². The molecule has 0 fully saturated rings. The second-order valence-corrected chi connectivity index (χ2v) is 18.3. The third-order valence-corrected chi connectivity index (χ3v) is 11.9. The third kappa shape index (κ3) is 53.4. The Labute approximate surface area is 408 Å². The van der Waals surface area contributed by atoms with Crippen molar-refractivity contribution in [2.24, 2.45) is 0 Å². The summed E-state index contributed by atoms with van der Waals surface area (Å²) in [6.45, 7) is 3.99. The molecule has 0 spiro atoms. The number of carbonyl (C=O) groups excluding carboxylic acids is 2. The maximum atomic E-state index is 12.3. The number of esters is 2. The standard InChI is InChI=1S/C61H104O5/c1-3-5-7-9-11-13-15-17-19-21-23-25-27-28-29-30-31-32-34-35-37-39-41-43-45-47-49-51-53-55-60(63)65-58-59(57-62)66-61(64)56-54-52-50-48-46-44-42-40-38-36-33-26-24-22-20-18-16-14-12-10-8-6-4-2/h6,8,12,14,18,20-21,23-24,26,36,38,42,44,48,50,59,62H,3-5,7,9-11,13,15-17,19,22,25,27-35,37,39-41,43,45-47,49,51-58H2,1-2H3/b8-6-,14-12-,20-18-,23-21-,26-24-,38-36-,44-42-,50-48-. The van der Waals surface area contributed by atoms with Crippen molar-refractivity contribution in [3.8, 4) is 0 Å². The summed E-state index contributed by atoms with van der Waals surface area (Å²) >= 11 is 0. The number of carbonyl (C=O) groups is 2. The highest BCUT2D eigenvalue weighted by Crippen LogP contribution is 2.16. The average Bonchev–Trinajstić information content (AvgIpc) is 3.32. The first-order chi connectivity index (χ1) is 32.6. The van der Waals surface area contributed by atoms with Crippen LogP contribution in [0.1, 0.15) is 258 Å². The monoisotopic (exact) mass is 917 g/mol. The van der Waals surface area contributed by atoms with Crippen LogP contribution >= 0.6 is 0 Å². The van der Waals surface area contributed by atoms with Crippen LogP contribution in [0.15, 0.2) is 97.2 Å². The summed E-state index contributed by atoms with van der Waals surface area (Å²) < 4.78 is 10.7. The minimum absolute atomic E-state index is 0.0926. The third-order valence-electron chi connectivity index (χ3n) is 11.9. The molecule has 0 aromatic rings. The van der Waals surface area contributed by atoms with Crippen molar-refractivity contribution in [3.05, 3.63) is 97.2 Å². The molecule has 378 valence electrons. The summed E-state index contributed by atoms with van der Waals surface area (Å²) in [5, 5.41) is 9.63. The molecule has 0 heterocycles. The van der Waals surface area contributed by atoms with Gasteiger partial charge in [-0.05, 0) is 89.9 Å². The Morgan fingerprint density at radius 2 is 0.667 bits per heavy atom. The van der Waals surface area contributed by atoms with E-state index in [2.05, 4.69) is 111 Å². The van der Waals surface area contributed by atoms with Gasteiger partial charge in [0.05, 0.1) is 6.61 Å². The highest BCUT2D eigenvalue weighted by molar-refractivity contribution is 5.70. The minimum atomic E-state index is -0.808. The van der Waals surface area contributed by atoms with Gasteiger partial charge in [0.15, 0.2) is 6.10 Å². The average molecular weight is 917 g/mol. The molecule has 0 aromatic heterocycles. The number of hydrogen-bond donors (Lipinski definition) is 1. The Bertz CT molecular complexity index is 1270. The van der Waals surface area contributed by atoms with Gasteiger partial charge in [0.2, 0.25) is 0 Å². The SMILES string of the molecule is CC/C=C\C/C=C\C/C=C\C/C=C\C/C=C\C/C=C\C/C=C\CCCC(=O)OC(CO)COC(=O)CCCCCCCCCCCCCCCCCCC/C=C\CCCCCCCCCC. The maximum Gasteiger partial charge on any atom is 0.306 e. The highest BCUT2D eigenvalue weighted by atomic mass is 16.6. The van der Waals surface area contributed by atoms with Gasteiger partial charge in [-0.2, -0.15) is 0 Å². The van der Waals surface area contributed by atoms with Crippen molar-refractivity contribution in [1.29, 1.82) is 0 Å². The van der Waals surface area contributed by atoms with Gasteiger partial charge in [-0.3, -0.25) is 9.59 Å². The van der Waals surface area contributed by atoms with Crippen LogP contribution in [-0.2, 0) is 19.1 Å². The van der Waals surface area contributed by atoms with Crippen LogP contribution in [0, 0.1) is 0 Å². The molecule has 0 rings (SSSR count). The Morgan fingerprint density at radius 3 is 1.05 bits per heavy atom. The number of hydrogen-bond acceptors (Lipinski definition) is 5. The lowest BCUT2D eigenvalue weighted by Crippen LogP contribution is -2.28. The molecule has 1 atom stereocenters. The lowest BCUT2D eigenvalue weighted by atomic mass is 10.0. The van der Waals surface area contributed by atoms with Crippen LogP contribution in [0.2, 0.25) is 0 Å². The summed E-state index contributed by atoms with van der Waals surface area (Å²) in [5.74, 6) is -0.658. The number of aliphatic hydroxyl groups is 1. The number of ether oxygens (including phenoxy) is 2. The van der Waals surface area contributed by atoms with Crippen LogP contribution in [-0.4, -0.2) is 36.4 Å². The summed E-state index contributed by atoms with van der Waals surface area (Å²) in [7, 11) is 0. The Kier molecular flexibility index (Phi) is 53.4. The number of allylic oxidation sites excluding steroid dienone is 16. The second kappa shape index (κ2) is 56.1. The molecule has 0 saturated carbocycles. The predicted octanol–water partition coefficient (Wildman–Crippen LogP) is 18.7. The number of rotatable bonds is 50. The fraction of sp³-hybridized carbons (Fsp3) is 0.705. The molecule has 5 nitrogen and oxygen atoms in total. The summed E-state index contributed by atoms with van der Waals surface area (Å²) in [6.07, 6.45) is 79.6. The molecular formula is C61H104O5. The highest BCUT2D eigenvalue weighted by Gasteiger charge is 2.16. The van der Waals surface area contributed by atoms with Crippen LogP contribution in [0.25, 0.3) is 0 Å². The first kappa shape index (κ1) is 62.8. The topological polar surface area (TPSA) is 72.8 Å². The largest absolute Gasteiger partial charge is 0.462 e. The molecule has 0 aromatic carbocycles. The van der Waals surface area contributed by atoms with Gasteiger partial charge in [0, 0.05) is 12.8 Å². The molecule has 0 radical (unpaired) electrons. The molecule has 0 amide bonds. The van der Waals surface area contributed by atoms with E-state index in [0.717, 1.165) is 70.6 Å². The Morgan fingerprint density at radius 1 is 0.364 bits per heavy atom. The van der Waals surface area contributed by atoms with E-state index in [9.17, 15) is 14.7 Å². The summed E-state index contributed by atoms with van der Waals surface area (Å²) in [6, 6.07) is 0. The van der Waals surface area contributed by atoms with Crippen molar-refractivity contribution in [1.82, 2.24) is 0 Å². The van der Waals surface area contributed by atoms with Gasteiger partial charge >= 0.3 is 11.9 Å². The smallest absolute Gasteiger partial charge is 0.306 e. The van der Waals surface area contributed by atoms with E-state index in [-0.39, 0.29) is 31.6 Å². The molecule has 0 bridgehead atoms. The number of unbranched alkanes of at least 4 members (excludes halogenated alkanes) is 26. The van der Waals surface area contributed by atoms with E-state index in [4.69, 9.17) is 9.47 Å². The molecule has 0 aliphatic heterocycles. The number of aliphatic hydroxyl groups excluding tert-OH is 1. The van der Waals surface area contributed by atoms with E-state index in [1.165, 1.54) is 154 Å². The zero-order valence-electron chi connectivity index (χ0n) is 43.2. The van der Waals surface area contributed by atoms with E-state index in [0.29, 0.717) is 12.8 Å². The Hall–Kier alpha value is -3.18. The van der Waals surface area contributed by atoms with E-state index in [1.807, 2.05) is 0 Å².